The molecule has 2 aromatic carbocycles. The monoisotopic (exact) mass is 430 g/mol. The number of rotatable bonds is 6. The normalized spacial score (nSPS) is 22.2. The van der Waals surface area contributed by atoms with Crippen molar-refractivity contribution in [3.05, 3.63) is 53.2 Å². The van der Waals surface area contributed by atoms with E-state index >= 15 is 0 Å². The van der Waals surface area contributed by atoms with Crippen LogP contribution in [-0.2, 0) is 10.0 Å². The fraction of sp³-hybridized carbons (Fsp3) is 0.300. The Balaban J connectivity index is 1.76. The van der Waals surface area contributed by atoms with Gasteiger partial charge in [0, 0.05) is 5.39 Å². The van der Waals surface area contributed by atoms with Gasteiger partial charge in [0.1, 0.15) is 5.75 Å². The molecule has 2 N–H and O–H groups in total. The largest absolute Gasteiger partial charge is 0.495 e. The lowest BCUT2D eigenvalue weighted by molar-refractivity contribution is 0.412. The van der Waals surface area contributed by atoms with Gasteiger partial charge in [-0.2, -0.15) is 10.4 Å². The lowest BCUT2D eigenvalue weighted by Crippen LogP contribution is -2.35. The Morgan fingerprint density at radius 3 is 2.76 bits per heavy atom. The Bertz CT molecular complexity index is 1230. The van der Waals surface area contributed by atoms with E-state index < -0.39 is 21.5 Å². The molecular weight excluding hydrogens is 412 g/mol. The second-order valence-electron chi connectivity index (χ2n) is 7.32. The van der Waals surface area contributed by atoms with E-state index in [9.17, 15) is 13.7 Å². The van der Waals surface area contributed by atoms with Crippen LogP contribution in [0.5, 0.6) is 5.75 Å². The van der Waals surface area contributed by atoms with Gasteiger partial charge in [-0.1, -0.05) is 24.6 Å². The number of methoxy groups -OCH3 is 1. The maximum atomic E-state index is 13.2. The molecule has 9 heteroatoms. The van der Waals surface area contributed by atoms with Crippen LogP contribution in [0, 0.1) is 22.7 Å². The van der Waals surface area contributed by atoms with Crippen LogP contribution in [0.25, 0.3) is 10.9 Å². The zero-order chi connectivity index (χ0) is 20.8. The van der Waals surface area contributed by atoms with Gasteiger partial charge in [-0.25, -0.2) is 13.1 Å². The number of nitrogens with one attached hydrogen (secondary N) is 2. The fourth-order valence-corrected chi connectivity index (χ4v) is 5.29. The van der Waals surface area contributed by atoms with E-state index in [1.54, 1.807) is 30.5 Å². The molecule has 1 aromatic heterocycles. The minimum atomic E-state index is -3.91. The van der Waals surface area contributed by atoms with Crippen LogP contribution in [0.1, 0.15) is 24.9 Å². The zero-order valence-corrected chi connectivity index (χ0v) is 17.4. The highest BCUT2D eigenvalue weighted by Crippen LogP contribution is 2.60. The van der Waals surface area contributed by atoms with E-state index in [2.05, 4.69) is 21.0 Å². The lowest BCUT2D eigenvalue weighted by Gasteiger charge is -2.25. The summed E-state index contributed by atoms with van der Waals surface area (Å²) < 4.78 is 34.3. The molecule has 0 saturated heterocycles. The number of fused-ring (bicyclic) bond motifs is 1. The summed E-state index contributed by atoms with van der Waals surface area (Å²) in [6, 6.07) is 11.4. The third-order valence-electron chi connectivity index (χ3n) is 5.59. The Morgan fingerprint density at radius 2 is 2.14 bits per heavy atom. The van der Waals surface area contributed by atoms with Crippen LogP contribution in [0.4, 0.5) is 0 Å². The second kappa shape index (κ2) is 7.02. The van der Waals surface area contributed by atoms with Gasteiger partial charge >= 0.3 is 0 Å². The molecule has 7 nitrogen and oxygen atoms in total. The number of sulfonamides is 1. The first kappa shape index (κ1) is 19.7. The first-order valence-corrected chi connectivity index (χ1v) is 10.9. The van der Waals surface area contributed by atoms with Crippen molar-refractivity contribution in [1.29, 1.82) is 5.26 Å². The van der Waals surface area contributed by atoms with E-state index in [0.717, 1.165) is 5.39 Å². The number of hydrogen-bond donors (Lipinski definition) is 2. The molecule has 0 aliphatic heterocycles. The minimum Gasteiger partial charge on any atom is -0.495 e. The molecule has 4 rings (SSSR count). The first-order valence-electron chi connectivity index (χ1n) is 9.01. The third kappa shape index (κ3) is 3.35. The predicted molar refractivity (Wildman–Crippen MR) is 109 cm³/mol. The summed E-state index contributed by atoms with van der Waals surface area (Å²) in [7, 11) is -2.40. The number of aromatic nitrogens is 2. The molecule has 1 fully saturated rings. The van der Waals surface area contributed by atoms with Gasteiger partial charge in [0.05, 0.1) is 46.3 Å². The second-order valence-corrected chi connectivity index (χ2v) is 9.45. The van der Waals surface area contributed by atoms with Crippen molar-refractivity contribution in [3.8, 4) is 11.8 Å². The quantitative estimate of drug-likeness (QED) is 0.618. The summed E-state index contributed by atoms with van der Waals surface area (Å²) in [6.45, 7) is 1.94. The van der Waals surface area contributed by atoms with Crippen LogP contribution in [0.15, 0.2) is 47.5 Å². The standard InChI is InChI=1S/C20H19ClN4O3S/c1-12-9-20(12,11-22)19(13-4-6-18(28-2)16(21)7-13)25-29(26,27)15-5-3-14-10-23-24-17(14)8-15/h3-8,10,12,19,25H,9H2,1-2H3,(H,23,24). The SMILES string of the molecule is COc1ccc(C(NS(=O)(=O)c2ccc3cn[nH]c3c2)C2(C#N)CC2C)cc1Cl. The van der Waals surface area contributed by atoms with Gasteiger partial charge in [0.15, 0.2) is 0 Å². The third-order valence-corrected chi connectivity index (χ3v) is 7.31. The molecule has 3 atom stereocenters. The first-order chi connectivity index (χ1) is 13.8. The van der Waals surface area contributed by atoms with Crippen molar-refractivity contribution in [2.45, 2.75) is 24.3 Å². The van der Waals surface area contributed by atoms with Gasteiger partial charge in [0.25, 0.3) is 0 Å². The number of nitrogens with zero attached hydrogens (tertiary/aromatic N) is 2. The van der Waals surface area contributed by atoms with Gasteiger partial charge in [-0.15, -0.1) is 0 Å². The molecule has 0 radical (unpaired) electrons. The number of nitriles is 1. The highest BCUT2D eigenvalue weighted by molar-refractivity contribution is 7.89. The van der Waals surface area contributed by atoms with E-state index in [-0.39, 0.29) is 10.8 Å². The maximum Gasteiger partial charge on any atom is 0.241 e. The zero-order valence-electron chi connectivity index (χ0n) is 15.8. The van der Waals surface area contributed by atoms with Crippen molar-refractivity contribution in [2.75, 3.05) is 7.11 Å². The van der Waals surface area contributed by atoms with Gasteiger partial charge in [-0.05, 0) is 48.2 Å². The van der Waals surface area contributed by atoms with E-state index in [0.29, 0.717) is 28.3 Å². The molecule has 3 unspecified atom stereocenters. The van der Waals surface area contributed by atoms with Gasteiger partial charge in [-0.3, -0.25) is 5.10 Å². The summed E-state index contributed by atoms with van der Waals surface area (Å²) >= 11 is 6.27. The van der Waals surface area contributed by atoms with Crippen LogP contribution < -0.4 is 9.46 Å². The van der Waals surface area contributed by atoms with Crippen molar-refractivity contribution < 1.29 is 13.2 Å². The molecule has 0 bridgehead atoms. The van der Waals surface area contributed by atoms with Crippen molar-refractivity contribution >= 4 is 32.5 Å². The Kier molecular flexibility index (Phi) is 4.77. The Hall–Kier alpha value is -2.60. The molecular formula is C20H19ClN4O3S. The Morgan fingerprint density at radius 1 is 1.38 bits per heavy atom. The molecule has 1 aliphatic rings. The van der Waals surface area contributed by atoms with Crippen LogP contribution in [0.2, 0.25) is 5.02 Å². The van der Waals surface area contributed by atoms with Gasteiger partial charge < -0.3 is 4.74 Å². The summed E-state index contributed by atoms with van der Waals surface area (Å²) in [5, 5.41) is 17.7. The fourth-order valence-electron chi connectivity index (χ4n) is 3.71. The van der Waals surface area contributed by atoms with E-state index in [1.165, 1.54) is 19.2 Å². The number of hydrogen-bond acceptors (Lipinski definition) is 5. The van der Waals surface area contributed by atoms with E-state index in [4.69, 9.17) is 16.3 Å². The summed E-state index contributed by atoms with van der Waals surface area (Å²) in [6.07, 6.45) is 2.22. The number of benzene rings is 2. The molecule has 3 aromatic rings. The minimum absolute atomic E-state index is 0.0520. The van der Waals surface area contributed by atoms with Crippen LogP contribution in [0.3, 0.4) is 0 Å². The molecule has 1 aliphatic carbocycles. The van der Waals surface area contributed by atoms with Crippen LogP contribution in [-0.4, -0.2) is 25.7 Å². The van der Waals surface area contributed by atoms with Gasteiger partial charge in [0.2, 0.25) is 10.0 Å². The average molecular weight is 431 g/mol. The maximum absolute atomic E-state index is 13.2. The molecule has 0 spiro atoms. The topological polar surface area (TPSA) is 108 Å². The number of ether oxygens (including phenoxy) is 1. The summed E-state index contributed by atoms with van der Waals surface area (Å²) in [4.78, 5) is 0.0975. The van der Waals surface area contributed by atoms with Crippen molar-refractivity contribution in [3.63, 3.8) is 0 Å². The Labute approximate surface area is 173 Å². The average Bonchev–Trinajstić information content (AvgIpc) is 3.14. The smallest absolute Gasteiger partial charge is 0.241 e. The molecule has 1 saturated carbocycles. The number of halogens is 1. The molecule has 0 amide bonds. The number of aromatic amines is 1. The molecule has 1 heterocycles. The van der Waals surface area contributed by atoms with Crippen molar-refractivity contribution in [1.82, 2.24) is 14.9 Å². The molecule has 150 valence electrons. The highest BCUT2D eigenvalue weighted by Gasteiger charge is 2.58. The predicted octanol–water partition coefficient (Wildman–Crippen LogP) is 3.79. The summed E-state index contributed by atoms with van der Waals surface area (Å²) in [5.74, 6) is 0.535. The van der Waals surface area contributed by atoms with E-state index in [1.807, 2.05) is 6.92 Å². The number of H-pyrrole nitrogens is 1. The van der Waals surface area contributed by atoms with Crippen molar-refractivity contribution in [2.24, 2.45) is 11.3 Å². The highest BCUT2D eigenvalue weighted by atomic mass is 35.5. The molecule has 29 heavy (non-hydrogen) atoms. The van der Waals surface area contributed by atoms with Crippen LogP contribution >= 0.6 is 11.6 Å². The lowest BCUT2D eigenvalue weighted by atomic mass is 9.90. The summed E-state index contributed by atoms with van der Waals surface area (Å²) in [5.41, 5.74) is 0.405.